The van der Waals surface area contributed by atoms with E-state index in [0.717, 1.165) is 52.0 Å². The fourth-order valence-corrected chi connectivity index (χ4v) is 5.25. The van der Waals surface area contributed by atoms with Crippen molar-refractivity contribution in [2.45, 2.75) is 37.6 Å². The molecule has 0 aliphatic carbocycles. The van der Waals surface area contributed by atoms with E-state index in [1.807, 2.05) is 38.3 Å². The maximum absolute atomic E-state index is 12.0. The van der Waals surface area contributed by atoms with Gasteiger partial charge in [-0.3, -0.25) is 9.20 Å². The molecule has 4 heterocycles. The Morgan fingerprint density at radius 3 is 2.59 bits per heavy atom. The van der Waals surface area contributed by atoms with Crippen molar-refractivity contribution in [3.63, 3.8) is 0 Å². The molecule has 1 fully saturated rings. The second kappa shape index (κ2) is 8.29. The van der Waals surface area contributed by atoms with Gasteiger partial charge in [-0.15, -0.1) is 10.2 Å². The van der Waals surface area contributed by atoms with Gasteiger partial charge in [0.1, 0.15) is 5.52 Å². The molecule has 1 saturated heterocycles. The average molecular weight is 469 g/mol. The molecule has 1 aliphatic heterocycles. The molecule has 34 heavy (non-hydrogen) atoms. The third kappa shape index (κ3) is 3.64. The van der Waals surface area contributed by atoms with Gasteiger partial charge in [0.05, 0.1) is 5.69 Å². The van der Waals surface area contributed by atoms with E-state index in [0.29, 0.717) is 6.42 Å². The van der Waals surface area contributed by atoms with Gasteiger partial charge >= 0.3 is 0 Å². The SMILES string of the molecule is Cc1ccc(-c2cc3c4nnc(SCc5ccc(N6CCCC6=O)cc5)n4ccn3n2)cc1C. The van der Waals surface area contributed by atoms with Gasteiger partial charge in [0.15, 0.2) is 10.8 Å². The lowest BCUT2D eigenvalue weighted by molar-refractivity contribution is -0.117. The summed E-state index contributed by atoms with van der Waals surface area (Å²) in [5.41, 5.74) is 8.41. The van der Waals surface area contributed by atoms with Crippen LogP contribution in [0.4, 0.5) is 5.69 Å². The van der Waals surface area contributed by atoms with E-state index in [-0.39, 0.29) is 5.91 Å². The number of fused-ring (bicyclic) bond motifs is 3. The van der Waals surface area contributed by atoms with E-state index in [1.165, 1.54) is 16.7 Å². The summed E-state index contributed by atoms with van der Waals surface area (Å²) in [6.45, 7) is 5.05. The zero-order valence-corrected chi connectivity index (χ0v) is 19.9. The number of nitrogens with zero attached hydrogens (tertiary/aromatic N) is 6. The lowest BCUT2D eigenvalue weighted by Gasteiger charge is -2.15. The molecular weight excluding hydrogens is 444 g/mol. The molecule has 2 aromatic carbocycles. The lowest BCUT2D eigenvalue weighted by atomic mass is 10.0. The third-order valence-corrected chi connectivity index (χ3v) is 7.49. The molecule has 7 nitrogen and oxygen atoms in total. The minimum absolute atomic E-state index is 0.212. The topological polar surface area (TPSA) is 67.8 Å². The maximum atomic E-state index is 12.0. The minimum Gasteiger partial charge on any atom is -0.312 e. The Kier molecular flexibility index (Phi) is 5.10. The summed E-state index contributed by atoms with van der Waals surface area (Å²) in [6, 6.07) is 16.7. The van der Waals surface area contributed by atoms with E-state index < -0.39 is 0 Å². The number of amides is 1. The molecule has 0 unspecified atom stereocenters. The standard InChI is InChI=1S/C26H24N6OS/c1-17-5-8-20(14-18(17)2)22-15-23-25-27-28-26(31(25)12-13-32(23)29-22)34-16-19-6-9-21(10-7-19)30-11-3-4-24(30)33/h5-10,12-15H,3-4,11,16H2,1-2H3. The van der Waals surface area contributed by atoms with Gasteiger partial charge in [-0.25, -0.2) is 4.52 Å². The fourth-order valence-electron chi connectivity index (χ4n) is 4.37. The molecule has 1 aliphatic rings. The predicted molar refractivity (Wildman–Crippen MR) is 134 cm³/mol. The first-order chi connectivity index (χ1) is 16.6. The van der Waals surface area contributed by atoms with Gasteiger partial charge in [0.25, 0.3) is 0 Å². The Balaban J connectivity index is 1.24. The molecule has 0 spiro atoms. The van der Waals surface area contributed by atoms with Crippen molar-refractivity contribution in [2.75, 3.05) is 11.4 Å². The van der Waals surface area contributed by atoms with Crippen LogP contribution >= 0.6 is 11.8 Å². The van der Waals surface area contributed by atoms with E-state index in [9.17, 15) is 4.79 Å². The van der Waals surface area contributed by atoms with Crippen LogP contribution in [0.2, 0.25) is 0 Å². The van der Waals surface area contributed by atoms with Gasteiger partial charge in [0.2, 0.25) is 5.91 Å². The number of anilines is 1. The molecule has 0 atom stereocenters. The monoisotopic (exact) mass is 468 g/mol. The van der Waals surface area contributed by atoms with Gasteiger partial charge in [-0.2, -0.15) is 5.10 Å². The number of rotatable bonds is 5. The van der Waals surface area contributed by atoms with Gasteiger partial charge < -0.3 is 4.90 Å². The first-order valence-electron chi connectivity index (χ1n) is 11.4. The van der Waals surface area contributed by atoms with Crippen LogP contribution in [0.1, 0.15) is 29.5 Å². The quantitative estimate of drug-likeness (QED) is 0.337. The first-order valence-corrected chi connectivity index (χ1v) is 12.4. The number of carbonyl (C=O) groups excluding carboxylic acids is 1. The van der Waals surface area contributed by atoms with E-state index >= 15 is 0 Å². The largest absolute Gasteiger partial charge is 0.312 e. The minimum atomic E-state index is 0.212. The van der Waals surface area contributed by atoms with Crippen molar-refractivity contribution < 1.29 is 4.79 Å². The normalized spacial score (nSPS) is 14.1. The molecule has 0 radical (unpaired) electrons. The second-order valence-corrected chi connectivity index (χ2v) is 9.68. The van der Waals surface area contributed by atoms with Crippen LogP contribution in [0.3, 0.4) is 0 Å². The Morgan fingerprint density at radius 2 is 1.82 bits per heavy atom. The van der Waals surface area contributed by atoms with Crippen molar-refractivity contribution in [1.82, 2.24) is 24.2 Å². The second-order valence-electron chi connectivity index (χ2n) is 8.74. The number of aryl methyl sites for hydroxylation is 2. The van der Waals surface area contributed by atoms with Crippen molar-refractivity contribution in [3.8, 4) is 11.3 Å². The molecule has 1 amide bonds. The van der Waals surface area contributed by atoms with Crippen LogP contribution < -0.4 is 4.90 Å². The summed E-state index contributed by atoms with van der Waals surface area (Å²) < 4.78 is 3.88. The van der Waals surface area contributed by atoms with E-state index in [1.54, 1.807) is 11.8 Å². The summed E-state index contributed by atoms with van der Waals surface area (Å²) in [4.78, 5) is 13.8. The van der Waals surface area contributed by atoms with E-state index in [2.05, 4.69) is 60.4 Å². The molecular formula is C26H24N6OS. The predicted octanol–water partition coefficient (Wildman–Crippen LogP) is 5.08. The number of carbonyl (C=O) groups is 1. The highest BCUT2D eigenvalue weighted by Crippen LogP contribution is 2.28. The van der Waals surface area contributed by atoms with Crippen molar-refractivity contribution in [1.29, 1.82) is 0 Å². The Morgan fingerprint density at radius 1 is 0.971 bits per heavy atom. The highest BCUT2D eigenvalue weighted by Gasteiger charge is 2.21. The average Bonchev–Trinajstić information content (AvgIpc) is 3.57. The number of hydrogen-bond acceptors (Lipinski definition) is 5. The number of benzene rings is 2. The highest BCUT2D eigenvalue weighted by atomic mass is 32.2. The summed E-state index contributed by atoms with van der Waals surface area (Å²) in [5, 5.41) is 14.5. The zero-order valence-electron chi connectivity index (χ0n) is 19.1. The summed E-state index contributed by atoms with van der Waals surface area (Å²) in [6.07, 6.45) is 5.49. The molecule has 3 aromatic heterocycles. The third-order valence-electron chi connectivity index (χ3n) is 6.48. The van der Waals surface area contributed by atoms with Crippen LogP contribution in [0, 0.1) is 13.8 Å². The first kappa shape index (κ1) is 20.9. The van der Waals surface area contributed by atoms with Crippen LogP contribution in [-0.4, -0.2) is 36.7 Å². The lowest BCUT2D eigenvalue weighted by Crippen LogP contribution is -2.23. The van der Waals surface area contributed by atoms with Gasteiger partial charge in [-0.1, -0.05) is 36.0 Å². The molecule has 0 N–H and O–H groups in total. The number of thioether (sulfide) groups is 1. The number of aromatic nitrogens is 5. The summed E-state index contributed by atoms with van der Waals surface area (Å²) in [7, 11) is 0. The van der Waals surface area contributed by atoms with Crippen molar-refractivity contribution in [2.24, 2.45) is 0 Å². The van der Waals surface area contributed by atoms with Crippen LogP contribution in [-0.2, 0) is 10.5 Å². The molecule has 170 valence electrons. The Bertz CT molecular complexity index is 1530. The Hall–Kier alpha value is -3.65. The van der Waals surface area contributed by atoms with Gasteiger partial charge in [-0.05, 0) is 61.2 Å². The molecule has 5 aromatic rings. The highest BCUT2D eigenvalue weighted by molar-refractivity contribution is 7.98. The summed E-state index contributed by atoms with van der Waals surface area (Å²) >= 11 is 1.64. The molecule has 0 bridgehead atoms. The van der Waals surface area contributed by atoms with Gasteiger partial charge in [0, 0.05) is 42.4 Å². The van der Waals surface area contributed by atoms with Crippen LogP contribution in [0.5, 0.6) is 0 Å². The van der Waals surface area contributed by atoms with Crippen LogP contribution in [0.15, 0.2) is 66.1 Å². The maximum Gasteiger partial charge on any atom is 0.227 e. The smallest absolute Gasteiger partial charge is 0.227 e. The zero-order chi connectivity index (χ0) is 23.2. The summed E-state index contributed by atoms with van der Waals surface area (Å²) in [5.74, 6) is 0.983. The van der Waals surface area contributed by atoms with Crippen LogP contribution in [0.25, 0.3) is 22.4 Å². The molecule has 0 saturated carbocycles. The fraction of sp³-hybridized carbons (Fsp3) is 0.231. The Labute approximate surface area is 201 Å². The molecule has 8 heteroatoms. The van der Waals surface area contributed by atoms with E-state index in [4.69, 9.17) is 5.10 Å². The van der Waals surface area contributed by atoms with Crippen molar-refractivity contribution in [3.05, 3.63) is 77.6 Å². The molecule has 6 rings (SSSR count). The number of hydrogen-bond donors (Lipinski definition) is 0. The van der Waals surface area contributed by atoms with Crippen molar-refractivity contribution >= 4 is 34.5 Å².